The molecule has 3 unspecified atom stereocenters. The van der Waals surface area contributed by atoms with Gasteiger partial charge in [-0.05, 0) is 32.2 Å². The molecule has 1 saturated heterocycles. The number of nitrogens with one attached hydrogen (secondary N) is 1. The van der Waals surface area contributed by atoms with E-state index in [1.54, 1.807) is 7.11 Å². The van der Waals surface area contributed by atoms with E-state index in [4.69, 9.17) is 9.26 Å². The fraction of sp³-hybridized carbons (Fsp3) is 0.818. The molecule has 1 fully saturated rings. The number of piperidine rings is 1. The molecular formula is C11H19N3O2. The number of hydrogen-bond donors (Lipinski definition) is 1. The van der Waals surface area contributed by atoms with Gasteiger partial charge in [0.25, 0.3) is 0 Å². The van der Waals surface area contributed by atoms with Crippen LogP contribution in [0.5, 0.6) is 0 Å². The van der Waals surface area contributed by atoms with Gasteiger partial charge in [0.1, 0.15) is 6.10 Å². The monoisotopic (exact) mass is 225 g/mol. The average Bonchev–Trinajstić information content (AvgIpc) is 2.77. The summed E-state index contributed by atoms with van der Waals surface area (Å²) in [5, 5.41) is 7.34. The lowest BCUT2D eigenvalue weighted by molar-refractivity contribution is 0.109. The van der Waals surface area contributed by atoms with Crippen molar-refractivity contribution in [3.8, 4) is 0 Å². The highest BCUT2D eigenvalue weighted by molar-refractivity contribution is 4.96. The van der Waals surface area contributed by atoms with Gasteiger partial charge >= 0.3 is 0 Å². The predicted octanol–water partition coefficient (Wildman–Crippen LogP) is 1.84. The molecule has 0 aliphatic carbocycles. The molecule has 2 rings (SSSR count). The molecule has 1 aliphatic rings. The van der Waals surface area contributed by atoms with E-state index in [-0.39, 0.29) is 12.1 Å². The Morgan fingerprint density at radius 2 is 2.38 bits per heavy atom. The minimum absolute atomic E-state index is 0.112. The molecule has 1 N–H and O–H groups in total. The zero-order valence-electron chi connectivity index (χ0n) is 10.1. The van der Waals surface area contributed by atoms with Crippen LogP contribution in [0.4, 0.5) is 0 Å². The minimum atomic E-state index is -0.112. The minimum Gasteiger partial charge on any atom is -0.374 e. The molecule has 90 valence electrons. The van der Waals surface area contributed by atoms with E-state index in [1.807, 2.05) is 6.92 Å². The summed E-state index contributed by atoms with van der Waals surface area (Å²) < 4.78 is 10.4. The van der Waals surface area contributed by atoms with Crippen molar-refractivity contribution in [1.29, 1.82) is 0 Å². The summed E-state index contributed by atoms with van der Waals surface area (Å²) in [5.41, 5.74) is 0. The molecular weight excluding hydrogens is 206 g/mol. The van der Waals surface area contributed by atoms with Crippen molar-refractivity contribution in [2.75, 3.05) is 13.7 Å². The number of rotatable bonds is 3. The van der Waals surface area contributed by atoms with Gasteiger partial charge in [0.15, 0.2) is 5.82 Å². The zero-order chi connectivity index (χ0) is 11.5. The molecule has 0 saturated carbocycles. The first-order valence-corrected chi connectivity index (χ1v) is 5.80. The smallest absolute Gasteiger partial charge is 0.243 e. The quantitative estimate of drug-likeness (QED) is 0.850. The van der Waals surface area contributed by atoms with E-state index in [0.717, 1.165) is 13.0 Å². The summed E-state index contributed by atoms with van der Waals surface area (Å²) in [6.07, 6.45) is 2.16. The molecule has 2 heterocycles. The lowest BCUT2D eigenvalue weighted by Gasteiger charge is -2.25. The van der Waals surface area contributed by atoms with Gasteiger partial charge in [0.05, 0.1) is 6.04 Å². The third-order valence-electron chi connectivity index (χ3n) is 3.14. The van der Waals surface area contributed by atoms with E-state index in [1.165, 1.54) is 6.42 Å². The Balaban J connectivity index is 2.06. The molecule has 16 heavy (non-hydrogen) atoms. The van der Waals surface area contributed by atoms with E-state index in [9.17, 15) is 0 Å². The van der Waals surface area contributed by atoms with Gasteiger partial charge < -0.3 is 14.6 Å². The van der Waals surface area contributed by atoms with Gasteiger partial charge in [0.2, 0.25) is 5.89 Å². The summed E-state index contributed by atoms with van der Waals surface area (Å²) in [6.45, 7) is 5.18. The van der Waals surface area contributed by atoms with Crippen molar-refractivity contribution in [1.82, 2.24) is 15.5 Å². The molecule has 3 atom stereocenters. The number of aromatic nitrogens is 2. The summed E-state index contributed by atoms with van der Waals surface area (Å²) in [6, 6.07) is 0.203. The predicted molar refractivity (Wildman–Crippen MR) is 58.9 cm³/mol. The first-order chi connectivity index (χ1) is 7.70. The Bertz CT molecular complexity index is 340. The molecule has 0 bridgehead atoms. The van der Waals surface area contributed by atoms with Gasteiger partial charge in [-0.15, -0.1) is 0 Å². The van der Waals surface area contributed by atoms with Crippen molar-refractivity contribution in [3.63, 3.8) is 0 Å². The van der Waals surface area contributed by atoms with E-state index >= 15 is 0 Å². The second-order valence-electron chi connectivity index (χ2n) is 4.51. The van der Waals surface area contributed by atoms with Crippen LogP contribution in [0.3, 0.4) is 0 Å². The van der Waals surface area contributed by atoms with Crippen LogP contribution < -0.4 is 5.32 Å². The molecule has 5 heteroatoms. The largest absolute Gasteiger partial charge is 0.374 e. The maximum absolute atomic E-state index is 5.27. The first-order valence-electron chi connectivity index (χ1n) is 5.80. The number of hydrogen-bond acceptors (Lipinski definition) is 5. The van der Waals surface area contributed by atoms with Crippen LogP contribution in [-0.2, 0) is 4.74 Å². The van der Waals surface area contributed by atoms with Crippen LogP contribution in [0.15, 0.2) is 4.52 Å². The Morgan fingerprint density at radius 3 is 3.06 bits per heavy atom. The van der Waals surface area contributed by atoms with Crippen LogP contribution in [0.2, 0.25) is 0 Å². The van der Waals surface area contributed by atoms with E-state index in [0.29, 0.717) is 17.6 Å². The number of nitrogens with zero attached hydrogens (tertiary/aromatic N) is 2. The number of methoxy groups -OCH3 is 1. The van der Waals surface area contributed by atoms with Crippen LogP contribution >= 0.6 is 0 Å². The molecule has 1 aromatic rings. The zero-order valence-corrected chi connectivity index (χ0v) is 10.1. The maximum atomic E-state index is 5.27. The molecule has 0 amide bonds. The fourth-order valence-corrected chi connectivity index (χ4v) is 1.95. The highest BCUT2D eigenvalue weighted by Gasteiger charge is 2.25. The average molecular weight is 225 g/mol. The van der Waals surface area contributed by atoms with Crippen molar-refractivity contribution < 1.29 is 9.26 Å². The molecule has 5 nitrogen and oxygen atoms in total. The summed E-state index contributed by atoms with van der Waals surface area (Å²) in [7, 11) is 1.64. The molecule has 1 aliphatic heterocycles. The van der Waals surface area contributed by atoms with Crippen molar-refractivity contribution in [3.05, 3.63) is 11.7 Å². The SMILES string of the molecule is COC(C)c1noc(C2CC(C)CCN2)n1. The normalized spacial score (nSPS) is 27.9. The Morgan fingerprint density at radius 1 is 1.56 bits per heavy atom. The fourth-order valence-electron chi connectivity index (χ4n) is 1.95. The highest BCUT2D eigenvalue weighted by Crippen LogP contribution is 2.26. The Labute approximate surface area is 95.6 Å². The highest BCUT2D eigenvalue weighted by atomic mass is 16.5. The third kappa shape index (κ3) is 2.41. The molecule has 0 radical (unpaired) electrons. The van der Waals surface area contributed by atoms with Crippen LogP contribution in [0, 0.1) is 5.92 Å². The second-order valence-corrected chi connectivity index (χ2v) is 4.51. The van der Waals surface area contributed by atoms with Crippen molar-refractivity contribution in [2.45, 2.75) is 38.8 Å². The molecule has 0 spiro atoms. The Kier molecular flexibility index (Phi) is 3.56. The topological polar surface area (TPSA) is 60.2 Å². The van der Waals surface area contributed by atoms with Crippen molar-refractivity contribution in [2.24, 2.45) is 5.92 Å². The van der Waals surface area contributed by atoms with Gasteiger partial charge in [-0.2, -0.15) is 4.98 Å². The van der Waals surface area contributed by atoms with Gasteiger partial charge in [-0.3, -0.25) is 0 Å². The summed E-state index contributed by atoms with van der Waals surface area (Å²) in [5.74, 6) is 2.02. The van der Waals surface area contributed by atoms with Gasteiger partial charge in [0, 0.05) is 7.11 Å². The standard InChI is InChI=1S/C11H19N3O2/c1-7-4-5-12-9(6-7)11-13-10(14-16-11)8(2)15-3/h7-9,12H,4-6H2,1-3H3. The third-order valence-corrected chi connectivity index (χ3v) is 3.14. The second kappa shape index (κ2) is 4.93. The summed E-state index contributed by atoms with van der Waals surface area (Å²) in [4.78, 5) is 4.37. The maximum Gasteiger partial charge on any atom is 0.243 e. The van der Waals surface area contributed by atoms with Crippen LogP contribution in [0.1, 0.15) is 50.6 Å². The van der Waals surface area contributed by atoms with Gasteiger partial charge in [-0.25, -0.2) is 0 Å². The molecule has 0 aromatic carbocycles. The van der Waals surface area contributed by atoms with E-state index in [2.05, 4.69) is 22.4 Å². The van der Waals surface area contributed by atoms with E-state index < -0.39 is 0 Å². The summed E-state index contributed by atoms with van der Waals surface area (Å²) >= 11 is 0. The molecule has 1 aromatic heterocycles. The first kappa shape index (κ1) is 11.5. The Hall–Kier alpha value is -0.940. The van der Waals surface area contributed by atoms with Gasteiger partial charge in [-0.1, -0.05) is 12.1 Å². The lowest BCUT2D eigenvalue weighted by Crippen LogP contribution is -2.31. The van der Waals surface area contributed by atoms with Crippen molar-refractivity contribution >= 4 is 0 Å². The van der Waals surface area contributed by atoms with Crippen LogP contribution in [-0.4, -0.2) is 23.8 Å². The van der Waals surface area contributed by atoms with Crippen LogP contribution in [0.25, 0.3) is 0 Å². The number of ether oxygens (including phenoxy) is 1. The lowest BCUT2D eigenvalue weighted by atomic mass is 9.94.